The summed E-state index contributed by atoms with van der Waals surface area (Å²) < 4.78 is 12.5. The predicted octanol–water partition coefficient (Wildman–Crippen LogP) is 8.46. The van der Waals surface area contributed by atoms with E-state index in [0.29, 0.717) is 39.4 Å². The summed E-state index contributed by atoms with van der Waals surface area (Å²) in [6.45, 7) is 0.600. The average molecular weight is 608 g/mol. The Hall–Kier alpha value is -3.76. The van der Waals surface area contributed by atoms with Crippen LogP contribution in [0.4, 0.5) is 5.69 Å². The fourth-order valence-corrected chi connectivity index (χ4v) is 4.25. The highest BCUT2D eigenvalue weighted by Gasteiger charge is 2.13. The van der Waals surface area contributed by atoms with Gasteiger partial charge in [-0.3, -0.25) is 4.79 Å². The van der Waals surface area contributed by atoms with Gasteiger partial charge in [0.2, 0.25) is 0 Å². The van der Waals surface area contributed by atoms with Gasteiger partial charge in [0.05, 0.1) is 0 Å². The second-order valence-corrected chi connectivity index (χ2v) is 9.89. The van der Waals surface area contributed by atoms with Crippen LogP contribution in [-0.2, 0) is 18.0 Å². The third kappa shape index (κ3) is 7.62. The van der Waals surface area contributed by atoms with Crippen molar-refractivity contribution in [2.45, 2.75) is 13.2 Å². The van der Waals surface area contributed by atoms with Crippen molar-refractivity contribution in [1.29, 1.82) is 5.26 Å². The highest BCUT2D eigenvalue weighted by atomic mass is 79.9. The standard InChI is InChI=1S/C30H21BrCl2N2O3/c31-24-8-13-29(38-18-20-4-3-6-25(32)14-20)22(16-24)15-23(17-34)30(36)35-26-9-11-27(12-10-26)37-19-21-5-1-2-7-28(21)33/h1-16H,18-19H2,(H,35,36)/b23-15+. The molecular formula is C30H21BrCl2N2O3. The average Bonchev–Trinajstić information content (AvgIpc) is 2.91. The zero-order valence-electron chi connectivity index (χ0n) is 20.0. The molecule has 8 heteroatoms. The molecule has 0 radical (unpaired) electrons. The van der Waals surface area contributed by atoms with Crippen LogP contribution in [0.15, 0.2) is 101 Å². The first-order valence-electron chi connectivity index (χ1n) is 11.5. The number of nitriles is 1. The van der Waals surface area contributed by atoms with Gasteiger partial charge in [-0.25, -0.2) is 0 Å². The van der Waals surface area contributed by atoms with E-state index in [9.17, 15) is 10.1 Å². The summed E-state index contributed by atoms with van der Waals surface area (Å²) in [4.78, 5) is 12.9. The number of ether oxygens (including phenoxy) is 2. The van der Waals surface area contributed by atoms with E-state index >= 15 is 0 Å². The van der Waals surface area contributed by atoms with E-state index in [1.807, 2.05) is 54.6 Å². The predicted molar refractivity (Wildman–Crippen MR) is 154 cm³/mol. The van der Waals surface area contributed by atoms with E-state index in [2.05, 4.69) is 21.2 Å². The van der Waals surface area contributed by atoms with Crippen molar-refractivity contribution < 1.29 is 14.3 Å². The van der Waals surface area contributed by atoms with Crippen LogP contribution < -0.4 is 14.8 Å². The molecule has 0 aromatic heterocycles. The molecule has 0 bridgehead atoms. The topological polar surface area (TPSA) is 71.3 Å². The highest BCUT2D eigenvalue weighted by Crippen LogP contribution is 2.27. The van der Waals surface area contributed by atoms with Crippen molar-refractivity contribution in [1.82, 2.24) is 0 Å². The van der Waals surface area contributed by atoms with Crippen LogP contribution in [0, 0.1) is 11.3 Å². The van der Waals surface area contributed by atoms with Crippen LogP contribution in [-0.4, -0.2) is 5.91 Å². The molecule has 0 aliphatic carbocycles. The van der Waals surface area contributed by atoms with Crippen molar-refractivity contribution in [3.05, 3.63) is 128 Å². The number of amides is 1. The fraction of sp³-hybridized carbons (Fsp3) is 0.0667. The maximum atomic E-state index is 12.9. The Bertz CT molecular complexity index is 1510. The smallest absolute Gasteiger partial charge is 0.266 e. The molecule has 0 unspecified atom stereocenters. The maximum absolute atomic E-state index is 12.9. The van der Waals surface area contributed by atoms with E-state index in [1.165, 1.54) is 6.08 Å². The van der Waals surface area contributed by atoms with E-state index in [4.69, 9.17) is 32.7 Å². The van der Waals surface area contributed by atoms with Crippen LogP contribution >= 0.6 is 39.1 Å². The summed E-state index contributed by atoms with van der Waals surface area (Å²) in [5.41, 5.74) is 2.80. The number of nitrogens with zero attached hydrogens (tertiary/aromatic N) is 1. The molecule has 4 aromatic carbocycles. The number of hydrogen-bond acceptors (Lipinski definition) is 4. The van der Waals surface area contributed by atoms with Crippen molar-refractivity contribution in [2.75, 3.05) is 5.32 Å². The van der Waals surface area contributed by atoms with Gasteiger partial charge < -0.3 is 14.8 Å². The molecule has 1 N–H and O–H groups in total. The Morgan fingerprint density at radius 1 is 0.921 bits per heavy atom. The molecule has 0 fully saturated rings. The zero-order valence-corrected chi connectivity index (χ0v) is 23.1. The van der Waals surface area contributed by atoms with Gasteiger partial charge in [0.15, 0.2) is 0 Å². The van der Waals surface area contributed by atoms with E-state index in [-0.39, 0.29) is 12.2 Å². The monoisotopic (exact) mass is 606 g/mol. The van der Waals surface area contributed by atoms with Gasteiger partial charge in [-0.15, -0.1) is 0 Å². The molecule has 4 aromatic rings. The minimum Gasteiger partial charge on any atom is -0.489 e. The third-order valence-corrected chi connectivity index (χ3v) is 6.48. The summed E-state index contributed by atoms with van der Waals surface area (Å²) in [7, 11) is 0. The number of carbonyl (C=O) groups excluding carboxylic acids is 1. The van der Waals surface area contributed by atoms with Crippen LogP contribution in [0.25, 0.3) is 6.08 Å². The Morgan fingerprint density at radius 3 is 2.45 bits per heavy atom. The Labute approximate surface area is 239 Å². The Kier molecular flexibility index (Phi) is 9.45. The van der Waals surface area contributed by atoms with Crippen LogP contribution in [0.1, 0.15) is 16.7 Å². The molecule has 0 saturated carbocycles. The quantitative estimate of drug-likeness (QED) is 0.153. The molecule has 0 saturated heterocycles. The lowest BCUT2D eigenvalue weighted by atomic mass is 10.1. The molecule has 0 spiro atoms. The highest BCUT2D eigenvalue weighted by molar-refractivity contribution is 9.10. The maximum Gasteiger partial charge on any atom is 0.266 e. The molecule has 0 aliphatic heterocycles. The summed E-state index contributed by atoms with van der Waals surface area (Å²) in [5, 5.41) is 13.7. The SMILES string of the molecule is N#C/C(=C\c1cc(Br)ccc1OCc1cccc(Cl)c1)C(=O)Nc1ccc(OCc2ccccc2Cl)cc1. The lowest BCUT2D eigenvalue weighted by molar-refractivity contribution is -0.112. The summed E-state index contributed by atoms with van der Waals surface area (Å²) in [6.07, 6.45) is 1.49. The van der Waals surface area contributed by atoms with Crippen LogP contribution in [0.5, 0.6) is 11.5 Å². The molecule has 4 rings (SSSR count). The van der Waals surface area contributed by atoms with E-state index in [1.54, 1.807) is 42.5 Å². The minimum atomic E-state index is -0.544. The van der Waals surface area contributed by atoms with Crippen LogP contribution in [0.3, 0.4) is 0 Å². The molecular weight excluding hydrogens is 587 g/mol. The summed E-state index contributed by atoms with van der Waals surface area (Å²) in [5.74, 6) is 0.598. The van der Waals surface area contributed by atoms with Gasteiger partial charge in [-0.2, -0.15) is 5.26 Å². The summed E-state index contributed by atoms with van der Waals surface area (Å²) >= 11 is 15.7. The van der Waals surface area contributed by atoms with E-state index in [0.717, 1.165) is 15.6 Å². The van der Waals surface area contributed by atoms with Crippen molar-refractivity contribution in [3.8, 4) is 17.6 Å². The fourth-order valence-electron chi connectivity index (χ4n) is 3.46. The number of rotatable bonds is 9. The summed E-state index contributed by atoms with van der Waals surface area (Å²) in [6, 6.07) is 29.0. The molecule has 190 valence electrons. The number of anilines is 1. The Morgan fingerprint density at radius 2 is 1.71 bits per heavy atom. The van der Waals surface area contributed by atoms with Crippen molar-refractivity contribution in [3.63, 3.8) is 0 Å². The van der Waals surface area contributed by atoms with Crippen molar-refractivity contribution >= 4 is 56.8 Å². The third-order valence-electron chi connectivity index (χ3n) is 5.38. The van der Waals surface area contributed by atoms with Crippen LogP contribution in [0.2, 0.25) is 10.0 Å². The zero-order chi connectivity index (χ0) is 26.9. The first-order chi connectivity index (χ1) is 18.4. The van der Waals surface area contributed by atoms with Gasteiger partial charge in [0.25, 0.3) is 5.91 Å². The van der Waals surface area contributed by atoms with Gasteiger partial charge >= 0.3 is 0 Å². The number of hydrogen-bond donors (Lipinski definition) is 1. The molecule has 0 aliphatic rings. The van der Waals surface area contributed by atoms with Gasteiger partial charge in [-0.05, 0) is 72.3 Å². The molecule has 1 amide bonds. The molecule has 38 heavy (non-hydrogen) atoms. The second-order valence-electron chi connectivity index (χ2n) is 8.13. The number of carbonyl (C=O) groups is 1. The molecule has 0 heterocycles. The number of nitrogens with one attached hydrogen (secondary N) is 1. The first kappa shape index (κ1) is 27.3. The number of halogens is 3. The minimum absolute atomic E-state index is 0.0743. The second kappa shape index (κ2) is 13.2. The molecule has 5 nitrogen and oxygen atoms in total. The normalized spacial score (nSPS) is 10.9. The van der Waals surface area contributed by atoms with Gasteiger partial charge in [0, 0.05) is 31.3 Å². The first-order valence-corrected chi connectivity index (χ1v) is 13.0. The van der Waals surface area contributed by atoms with E-state index < -0.39 is 5.91 Å². The number of benzene rings is 4. The Balaban J connectivity index is 1.43. The van der Waals surface area contributed by atoms with Crippen molar-refractivity contribution in [2.24, 2.45) is 0 Å². The lowest BCUT2D eigenvalue weighted by Crippen LogP contribution is -2.13. The van der Waals surface area contributed by atoms with Gasteiger partial charge in [-0.1, -0.05) is 69.5 Å². The largest absolute Gasteiger partial charge is 0.489 e. The lowest BCUT2D eigenvalue weighted by Gasteiger charge is -2.11. The molecule has 0 atom stereocenters. The van der Waals surface area contributed by atoms with Gasteiger partial charge in [0.1, 0.15) is 36.4 Å².